The number of piperidine rings is 1. The fraction of sp³-hybridized carbons (Fsp3) is 0.286. The molecule has 2 aromatic carbocycles. The quantitative estimate of drug-likeness (QED) is 0.298. The number of rotatable bonds is 6. The second-order valence-corrected chi connectivity index (χ2v) is 10.2. The number of nitrogens with zero attached hydrogens (tertiary/aromatic N) is 5. The first-order valence-electron chi connectivity index (χ1n) is 12.5. The molecule has 1 aliphatic heterocycles. The summed E-state index contributed by atoms with van der Waals surface area (Å²) < 4.78 is 5.54. The number of anilines is 3. The zero-order valence-electron chi connectivity index (χ0n) is 21.2. The van der Waals surface area contributed by atoms with Gasteiger partial charge in [0.05, 0.1) is 18.2 Å². The van der Waals surface area contributed by atoms with Gasteiger partial charge in [0, 0.05) is 49.0 Å². The summed E-state index contributed by atoms with van der Waals surface area (Å²) in [5.41, 5.74) is 4.27. The summed E-state index contributed by atoms with van der Waals surface area (Å²) in [7, 11) is 3.54. The predicted molar refractivity (Wildman–Crippen MR) is 152 cm³/mol. The van der Waals surface area contributed by atoms with E-state index in [-0.39, 0.29) is 0 Å². The van der Waals surface area contributed by atoms with Gasteiger partial charge in [0.15, 0.2) is 0 Å². The Balaban J connectivity index is 1.29. The monoisotopic (exact) mass is 511 g/mol. The Morgan fingerprint density at radius 1 is 1.05 bits per heavy atom. The van der Waals surface area contributed by atoms with E-state index < -0.39 is 0 Å². The Bertz CT molecular complexity index is 1580. The second kappa shape index (κ2) is 9.82. The van der Waals surface area contributed by atoms with Gasteiger partial charge in [-0.2, -0.15) is 0 Å². The van der Waals surface area contributed by atoms with Crippen LogP contribution < -0.4 is 20.3 Å². The zero-order valence-corrected chi connectivity index (χ0v) is 22.0. The third kappa shape index (κ3) is 4.51. The third-order valence-electron chi connectivity index (χ3n) is 7.02. The van der Waals surface area contributed by atoms with Crippen LogP contribution in [0.5, 0.6) is 5.75 Å². The minimum absolute atomic E-state index is 0.347. The van der Waals surface area contributed by atoms with Crippen LogP contribution in [0.25, 0.3) is 32.2 Å². The van der Waals surface area contributed by atoms with Crippen LogP contribution in [0.4, 0.5) is 17.5 Å². The van der Waals surface area contributed by atoms with Crippen molar-refractivity contribution in [1.82, 2.24) is 19.9 Å². The molecule has 0 unspecified atom stereocenters. The largest absolute Gasteiger partial charge is 0.497 e. The minimum Gasteiger partial charge on any atom is -0.497 e. The van der Waals surface area contributed by atoms with E-state index in [4.69, 9.17) is 4.74 Å². The van der Waals surface area contributed by atoms with Gasteiger partial charge in [-0.1, -0.05) is 6.07 Å². The topological polar surface area (TPSA) is 88.1 Å². The molecule has 0 spiro atoms. The second-order valence-electron chi connectivity index (χ2n) is 9.33. The molecule has 0 bridgehead atoms. The maximum absolute atomic E-state index is 5.54. The summed E-state index contributed by atoms with van der Waals surface area (Å²) in [6.07, 6.45) is 5.51. The fourth-order valence-electron chi connectivity index (χ4n) is 5.06. The lowest BCUT2D eigenvalue weighted by Crippen LogP contribution is -2.39. The van der Waals surface area contributed by atoms with Crippen molar-refractivity contribution in [2.24, 2.45) is 0 Å². The molecular formula is C28H29N7OS. The number of hydrogen-bond donors (Lipinski definition) is 2. The molecule has 9 heteroatoms. The minimum atomic E-state index is 0.347. The summed E-state index contributed by atoms with van der Waals surface area (Å²) in [5, 5.41) is 12.5. The molecule has 188 valence electrons. The van der Waals surface area contributed by atoms with E-state index in [2.05, 4.69) is 72.0 Å². The van der Waals surface area contributed by atoms with Crippen LogP contribution in [0.15, 0.2) is 54.3 Å². The molecule has 1 saturated heterocycles. The van der Waals surface area contributed by atoms with Crippen molar-refractivity contribution in [3.8, 4) is 17.0 Å². The number of fused-ring (bicyclic) bond motifs is 2. The molecule has 0 saturated carbocycles. The lowest BCUT2D eigenvalue weighted by molar-refractivity contribution is 0.415. The lowest BCUT2D eigenvalue weighted by atomic mass is 9.99. The highest BCUT2D eigenvalue weighted by molar-refractivity contribution is 7.17. The average Bonchev–Trinajstić information content (AvgIpc) is 3.34. The maximum Gasteiger partial charge on any atom is 0.222 e. The van der Waals surface area contributed by atoms with Crippen molar-refractivity contribution in [3.63, 3.8) is 0 Å². The van der Waals surface area contributed by atoms with Crippen LogP contribution >= 0.6 is 11.3 Å². The number of hydrogen-bond acceptors (Lipinski definition) is 9. The molecular weight excluding hydrogens is 482 g/mol. The first-order chi connectivity index (χ1) is 18.1. The lowest BCUT2D eigenvalue weighted by Gasteiger charge is -2.34. The molecule has 3 aromatic heterocycles. The zero-order chi connectivity index (χ0) is 25.4. The van der Waals surface area contributed by atoms with Crippen LogP contribution in [0.1, 0.15) is 18.4 Å². The first-order valence-corrected chi connectivity index (χ1v) is 13.3. The SMILES string of the molecule is CNc1nccc(-c2cc(NC3CCN(c4ncnc5scc(C)c45)CC3)c3cc(OC)ccc3c2)n1. The van der Waals surface area contributed by atoms with Crippen molar-refractivity contribution in [1.29, 1.82) is 0 Å². The van der Waals surface area contributed by atoms with Gasteiger partial charge in [-0.25, -0.2) is 19.9 Å². The standard InChI is InChI=1S/C28H29N7OS/c1-17-15-37-27-25(17)26(31-16-32-27)35-10-7-20(8-11-35)33-24-13-19(23-6-9-30-28(29-2)34-23)12-18-4-5-21(36-3)14-22(18)24/h4-6,9,12-16,20,33H,7-8,10-11H2,1-3H3,(H,29,30,34). The molecule has 0 radical (unpaired) electrons. The van der Waals surface area contributed by atoms with Crippen LogP contribution in [0.3, 0.4) is 0 Å². The van der Waals surface area contributed by atoms with E-state index >= 15 is 0 Å². The predicted octanol–water partition coefficient (Wildman–Crippen LogP) is 5.74. The Morgan fingerprint density at radius 2 is 1.92 bits per heavy atom. The van der Waals surface area contributed by atoms with Crippen LogP contribution in [0, 0.1) is 6.92 Å². The van der Waals surface area contributed by atoms with Gasteiger partial charge in [-0.05, 0) is 66.4 Å². The van der Waals surface area contributed by atoms with E-state index in [0.29, 0.717) is 12.0 Å². The van der Waals surface area contributed by atoms with Crippen LogP contribution in [-0.2, 0) is 0 Å². The normalized spacial score (nSPS) is 14.3. The summed E-state index contributed by atoms with van der Waals surface area (Å²) >= 11 is 1.69. The Hall–Kier alpha value is -3.98. The van der Waals surface area contributed by atoms with E-state index in [0.717, 1.165) is 70.0 Å². The number of methoxy groups -OCH3 is 1. The number of thiophene rings is 1. The fourth-order valence-corrected chi connectivity index (χ4v) is 5.95. The molecule has 5 aromatic rings. The highest BCUT2D eigenvalue weighted by Crippen LogP contribution is 2.35. The number of aryl methyl sites for hydroxylation is 1. The molecule has 2 N–H and O–H groups in total. The number of benzene rings is 2. The average molecular weight is 512 g/mol. The summed E-state index contributed by atoms with van der Waals surface area (Å²) in [4.78, 5) is 21.5. The van der Waals surface area contributed by atoms with Gasteiger partial charge < -0.3 is 20.3 Å². The molecule has 0 amide bonds. The van der Waals surface area contributed by atoms with Crippen molar-refractivity contribution in [2.75, 3.05) is 42.8 Å². The Labute approximate surface area is 219 Å². The van der Waals surface area contributed by atoms with Crippen molar-refractivity contribution >= 4 is 49.8 Å². The molecule has 1 aliphatic rings. The molecule has 6 rings (SSSR count). The van der Waals surface area contributed by atoms with E-state index in [9.17, 15) is 0 Å². The maximum atomic E-state index is 5.54. The van der Waals surface area contributed by atoms with Crippen LogP contribution in [-0.4, -0.2) is 53.2 Å². The summed E-state index contributed by atoms with van der Waals surface area (Å²) in [6.45, 7) is 4.03. The number of ether oxygens (including phenoxy) is 1. The van der Waals surface area contributed by atoms with E-state index in [1.165, 1.54) is 10.9 Å². The van der Waals surface area contributed by atoms with Gasteiger partial charge >= 0.3 is 0 Å². The van der Waals surface area contributed by atoms with Crippen molar-refractivity contribution in [2.45, 2.75) is 25.8 Å². The van der Waals surface area contributed by atoms with Gasteiger partial charge in [-0.15, -0.1) is 11.3 Å². The van der Waals surface area contributed by atoms with Crippen molar-refractivity contribution < 1.29 is 4.74 Å². The Kier molecular flexibility index (Phi) is 6.21. The van der Waals surface area contributed by atoms with Gasteiger partial charge in [-0.3, -0.25) is 0 Å². The molecule has 1 fully saturated rings. The van der Waals surface area contributed by atoms with Gasteiger partial charge in [0.25, 0.3) is 0 Å². The number of nitrogens with one attached hydrogen (secondary N) is 2. The van der Waals surface area contributed by atoms with E-state index in [1.807, 2.05) is 19.2 Å². The number of aromatic nitrogens is 4. The molecule has 8 nitrogen and oxygen atoms in total. The van der Waals surface area contributed by atoms with Crippen LogP contribution in [0.2, 0.25) is 0 Å². The molecule has 0 atom stereocenters. The molecule has 0 aliphatic carbocycles. The van der Waals surface area contributed by atoms with Crippen molar-refractivity contribution in [3.05, 3.63) is 59.9 Å². The molecule has 37 heavy (non-hydrogen) atoms. The highest BCUT2D eigenvalue weighted by atomic mass is 32.1. The highest BCUT2D eigenvalue weighted by Gasteiger charge is 2.23. The Morgan fingerprint density at radius 3 is 2.73 bits per heavy atom. The van der Waals surface area contributed by atoms with Gasteiger partial charge in [0.2, 0.25) is 5.95 Å². The van der Waals surface area contributed by atoms with E-state index in [1.54, 1.807) is 31.0 Å². The summed E-state index contributed by atoms with van der Waals surface area (Å²) in [6, 6.07) is 12.9. The smallest absolute Gasteiger partial charge is 0.222 e. The summed E-state index contributed by atoms with van der Waals surface area (Å²) in [5.74, 6) is 2.51. The third-order valence-corrected chi connectivity index (χ3v) is 8.03. The van der Waals surface area contributed by atoms with Gasteiger partial charge in [0.1, 0.15) is 22.7 Å². The molecule has 4 heterocycles. The first kappa shape index (κ1) is 23.4.